The van der Waals surface area contributed by atoms with Crippen molar-refractivity contribution in [3.05, 3.63) is 16.4 Å². The fourth-order valence-electron chi connectivity index (χ4n) is 0.543. The van der Waals surface area contributed by atoms with Gasteiger partial charge in [0.2, 0.25) is 0 Å². The third-order valence-corrected chi connectivity index (χ3v) is 2.21. The number of aromatic nitrogens is 1. The smallest absolute Gasteiger partial charge is 0.303 e. The lowest BCUT2D eigenvalue weighted by Gasteiger charge is -2.04. The molecule has 1 rings (SSSR count). The van der Waals surface area contributed by atoms with E-state index in [0.29, 0.717) is 0 Å². The molecular weight excluding hydrogens is 203 g/mol. The second-order valence-corrected chi connectivity index (χ2v) is 4.06. The van der Waals surface area contributed by atoms with E-state index in [2.05, 4.69) is 4.52 Å². The molecule has 68 valence electrons. The summed E-state index contributed by atoms with van der Waals surface area (Å²) in [5, 5.41) is 8.84. The molecule has 12 heavy (non-hydrogen) atoms. The van der Waals surface area contributed by atoms with Crippen LogP contribution < -0.4 is 4.80 Å². The molecule has 0 spiro atoms. The Balaban J connectivity index is 2.61. The molecule has 0 aliphatic heterocycles. The Labute approximate surface area is 71.8 Å². The number of hydrogen-bond acceptors (Lipinski definition) is 4. The Hall–Kier alpha value is -0.460. The van der Waals surface area contributed by atoms with Crippen molar-refractivity contribution in [3.63, 3.8) is 0 Å². The monoisotopic (exact) mass is 210 g/mol. The highest BCUT2D eigenvalue weighted by atomic mass is 32.1. The van der Waals surface area contributed by atoms with Crippen molar-refractivity contribution in [2.24, 2.45) is 0 Å². The molecule has 0 aliphatic carbocycles. The van der Waals surface area contributed by atoms with E-state index < -0.39 is 7.82 Å². The van der Waals surface area contributed by atoms with Gasteiger partial charge in [-0.3, -0.25) is 14.5 Å². The normalized spacial score (nSPS) is 11.8. The van der Waals surface area contributed by atoms with E-state index in [9.17, 15) is 4.57 Å². The van der Waals surface area contributed by atoms with Crippen molar-refractivity contribution in [1.82, 2.24) is 4.57 Å². The zero-order valence-electron chi connectivity index (χ0n) is 5.88. The molecule has 0 unspecified atom stereocenters. The zero-order chi connectivity index (χ0) is 9.19. The molecule has 0 aliphatic rings. The zero-order valence-corrected chi connectivity index (χ0v) is 7.59. The Morgan fingerprint density at radius 2 is 2.42 bits per heavy atom. The second kappa shape index (κ2) is 3.51. The minimum Gasteiger partial charge on any atom is -0.303 e. The highest BCUT2D eigenvalue weighted by Gasteiger charge is 2.13. The Morgan fingerprint density at radius 1 is 1.75 bits per heavy atom. The summed E-state index contributed by atoms with van der Waals surface area (Å²) >= 11 is 1.15. The third-order valence-electron chi connectivity index (χ3n) is 1.05. The maximum absolute atomic E-state index is 10.2. The summed E-state index contributed by atoms with van der Waals surface area (Å²) in [4.78, 5) is 16.8. The molecule has 0 atom stereocenters. The maximum Gasteiger partial charge on any atom is 0.471 e. The van der Waals surface area contributed by atoms with Gasteiger partial charge in [-0.15, -0.1) is 11.3 Å². The van der Waals surface area contributed by atoms with E-state index in [1.807, 2.05) is 0 Å². The summed E-state index contributed by atoms with van der Waals surface area (Å²) in [5.41, 5.74) is 0. The van der Waals surface area contributed by atoms with Crippen LogP contribution in [0.25, 0.3) is 0 Å². The molecule has 0 fully saturated rings. The molecule has 0 amide bonds. The van der Waals surface area contributed by atoms with Gasteiger partial charge in [0, 0.05) is 11.6 Å². The fourth-order valence-corrected chi connectivity index (χ4v) is 1.40. The van der Waals surface area contributed by atoms with Crippen LogP contribution in [0.5, 0.6) is 0 Å². The highest BCUT2D eigenvalue weighted by Crippen LogP contribution is 2.35. The molecule has 0 aromatic carbocycles. The molecule has 6 nitrogen and oxygen atoms in total. The standard InChI is InChI=1S/C4H7N2O4PS/c5-4-6(1-2-12-4)3-10-11(7,8)9/h1-2,5H,3H2,(H2,7,8,9). The number of thiazole rings is 1. The van der Waals surface area contributed by atoms with Gasteiger partial charge in [-0.2, -0.15) is 0 Å². The molecule has 0 radical (unpaired) electrons. The Kier molecular flexibility index (Phi) is 2.81. The van der Waals surface area contributed by atoms with E-state index in [-0.39, 0.29) is 11.5 Å². The van der Waals surface area contributed by atoms with Gasteiger partial charge in [-0.1, -0.05) is 0 Å². The predicted molar refractivity (Wildman–Crippen MR) is 41.3 cm³/mol. The number of hydrogen-bond donors (Lipinski definition) is 3. The number of nitrogens with zero attached hydrogens (tertiary/aromatic N) is 1. The third kappa shape index (κ3) is 2.88. The lowest BCUT2D eigenvalue weighted by atomic mass is 10.9. The molecule has 0 saturated carbocycles. The minimum absolute atomic E-state index is 0.184. The SMILES string of the molecule is N=c1sccn1COP(=O)(O)O. The van der Waals surface area contributed by atoms with E-state index >= 15 is 0 Å². The summed E-state index contributed by atoms with van der Waals surface area (Å²) in [5.74, 6) is 0. The van der Waals surface area contributed by atoms with Gasteiger partial charge >= 0.3 is 7.82 Å². The quantitative estimate of drug-likeness (QED) is 0.616. The summed E-state index contributed by atoms with van der Waals surface area (Å²) in [7, 11) is -4.43. The Morgan fingerprint density at radius 3 is 2.83 bits per heavy atom. The molecular formula is C4H7N2O4PS. The summed E-state index contributed by atoms with van der Waals surface area (Å²) in [6.07, 6.45) is 1.52. The molecule has 1 heterocycles. The molecule has 1 aromatic heterocycles. The van der Waals surface area contributed by atoms with Crippen LogP contribution in [-0.4, -0.2) is 14.4 Å². The van der Waals surface area contributed by atoms with Crippen molar-refractivity contribution >= 4 is 19.2 Å². The van der Waals surface area contributed by atoms with Gasteiger partial charge in [-0.25, -0.2) is 4.57 Å². The largest absolute Gasteiger partial charge is 0.471 e. The molecule has 3 N–H and O–H groups in total. The lowest BCUT2D eigenvalue weighted by molar-refractivity contribution is 0.152. The average molecular weight is 210 g/mol. The maximum atomic E-state index is 10.2. The first-order valence-corrected chi connectivity index (χ1v) is 5.28. The van der Waals surface area contributed by atoms with E-state index in [1.54, 1.807) is 5.38 Å². The summed E-state index contributed by atoms with van der Waals surface area (Å²) in [6, 6.07) is 0. The number of phosphoric ester groups is 1. The van der Waals surface area contributed by atoms with Crippen LogP contribution in [0.1, 0.15) is 0 Å². The van der Waals surface area contributed by atoms with Crippen LogP contribution in [0.3, 0.4) is 0 Å². The van der Waals surface area contributed by atoms with Gasteiger partial charge in [0.1, 0.15) is 6.73 Å². The van der Waals surface area contributed by atoms with Gasteiger partial charge in [0.25, 0.3) is 0 Å². The predicted octanol–water partition coefficient (Wildman–Crippen LogP) is 0.0959. The topological polar surface area (TPSA) is 95.5 Å². The van der Waals surface area contributed by atoms with Crippen molar-refractivity contribution in [2.75, 3.05) is 0 Å². The first-order chi connectivity index (χ1) is 5.49. The van der Waals surface area contributed by atoms with Crippen molar-refractivity contribution in [2.45, 2.75) is 6.73 Å². The summed E-state index contributed by atoms with van der Waals surface area (Å²) < 4.78 is 15.7. The van der Waals surface area contributed by atoms with Crippen LogP contribution in [0.4, 0.5) is 0 Å². The molecule has 1 aromatic rings. The van der Waals surface area contributed by atoms with Gasteiger partial charge in [0.15, 0.2) is 4.80 Å². The van der Waals surface area contributed by atoms with E-state index in [1.165, 1.54) is 10.8 Å². The van der Waals surface area contributed by atoms with Crippen LogP contribution in [-0.2, 0) is 15.8 Å². The first-order valence-electron chi connectivity index (χ1n) is 2.88. The van der Waals surface area contributed by atoms with Crippen LogP contribution >= 0.6 is 19.2 Å². The van der Waals surface area contributed by atoms with Gasteiger partial charge < -0.3 is 9.79 Å². The molecule has 0 saturated heterocycles. The van der Waals surface area contributed by atoms with Crippen LogP contribution in [0.2, 0.25) is 0 Å². The molecule has 0 bridgehead atoms. The van der Waals surface area contributed by atoms with Crippen molar-refractivity contribution in [3.8, 4) is 0 Å². The minimum atomic E-state index is -4.43. The summed E-state index contributed by atoms with van der Waals surface area (Å²) in [6.45, 7) is -0.299. The van der Waals surface area contributed by atoms with Gasteiger partial charge in [-0.05, 0) is 0 Å². The highest BCUT2D eigenvalue weighted by molar-refractivity contribution is 7.46. The van der Waals surface area contributed by atoms with Crippen molar-refractivity contribution in [1.29, 1.82) is 5.41 Å². The number of nitrogens with one attached hydrogen (secondary N) is 1. The number of phosphoric acid groups is 1. The fraction of sp³-hybridized carbons (Fsp3) is 0.250. The van der Waals surface area contributed by atoms with Crippen LogP contribution in [0.15, 0.2) is 11.6 Å². The average Bonchev–Trinajstić information content (AvgIpc) is 2.29. The Bertz CT molecular complexity index is 352. The van der Waals surface area contributed by atoms with Crippen molar-refractivity contribution < 1.29 is 18.9 Å². The van der Waals surface area contributed by atoms with Gasteiger partial charge in [0.05, 0.1) is 0 Å². The second-order valence-electron chi connectivity index (χ2n) is 1.93. The lowest BCUT2D eigenvalue weighted by Crippen LogP contribution is -2.13. The number of rotatable bonds is 3. The molecule has 8 heteroatoms. The first kappa shape index (κ1) is 9.63. The van der Waals surface area contributed by atoms with E-state index in [4.69, 9.17) is 15.2 Å². The van der Waals surface area contributed by atoms with Crippen LogP contribution in [0, 0.1) is 5.41 Å². The van der Waals surface area contributed by atoms with E-state index in [0.717, 1.165) is 11.3 Å².